The largest absolute Gasteiger partial charge is 0.465 e. The van der Waals surface area contributed by atoms with Gasteiger partial charge in [0, 0.05) is 12.0 Å². The maximum absolute atomic E-state index is 12.3. The highest BCUT2D eigenvalue weighted by Gasteiger charge is 2.15. The molecule has 1 heterocycles. The van der Waals surface area contributed by atoms with E-state index in [9.17, 15) is 4.79 Å². The standard InChI is InChI=1S/C23H22O3/c1-2-5-18-7-9-19(10-8-18)11-16-22(24)20-12-14-21(15-13-20)26-23-6-3-4-17-25-23/h5,7-16,23H,1,3-4,6,17H2/b16-11+. The minimum atomic E-state index is -0.177. The Kier molecular flexibility index (Phi) is 6.21. The second kappa shape index (κ2) is 9.00. The molecule has 1 aliphatic heterocycles. The van der Waals surface area contributed by atoms with Crippen LogP contribution in [0.2, 0.25) is 0 Å². The molecule has 3 nitrogen and oxygen atoms in total. The van der Waals surface area contributed by atoms with Gasteiger partial charge in [0.05, 0.1) is 6.61 Å². The fourth-order valence-electron chi connectivity index (χ4n) is 2.74. The lowest BCUT2D eigenvalue weighted by Crippen LogP contribution is -2.24. The molecule has 0 amide bonds. The molecule has 0 N–H and O–H groups in total. The Bertz CT molecular complexity index is 804. The minimum absolute atomic E-state index is 0.0412. The lowest BCUT2D eigenvalue weighted by atomic mass is 10.1. The Morgan fingerprint density at radius 2 is 1.81 bits per heavy atom. The van der Waals surface area contributed by atoms with Crippen LogP contribution < -0.4 is 4.74 Å². The van der Waals surface area contributed by atoms with Crippen molar-refractivity contribution < 1.29 is 14.3 Å². The number of rotatable bonds is 6. The van der Waals surface area contributed by atoms with Crippen molar-refractivity contribution in [3.8, 4) is 5.75 Å². The summed E-state index contributed by atoms with van der Waals surface area (Å²) in [4.78, 5) is 12.3. The summed E-state index contributed by atoms with van der Waals surface area (Å²) in [7, 11) is 0. The number of hydrogen-bond donors (Lipinski definition) is 0. The van der Waals surface area contributed by atoms with Gasteiger partial charge in [-0.2, -0.15) is 0 Å². The van der Waals surface area contributed by atoms with Gasteiger partial charge < -0.3 is 9.47 Å². The number of hydrogen-bond acceptors (Lipinski definition) is 3. The van der Waals surface area contributed by atoms with Crippen LogP contribution >= 0.6 is 0 Å². The van der Waals surface area contributed by atoms with E-state index in [0.29, 0.717) is 5.56 Å². The molecule has 0 aliphatic carbocycles. The third kappa shape index (κ3) is 5.06. The van der Waals surface area contributed by atoms with Crippen molar-refractivity contribution in [1.82, 2.24) is 0 Å². The first-order valence-corrected chi connectivity index (χ1v) is 8.81. The monoisotopic (exact) mass is 346 g/mol. The van der Waals surface area contributed by atoms with Crippen LogP contribution in [0.4, 0.5) is 0 Å². The highest BCUT2D eigenvalue weighted by molar-refractivity contribution is 6.06. The molecule has 1 aliphatic rings. The lowest BCUT2D eigenvalue weighted by Gasteiger charge is -2.23. The molecule has 1 atom stereocenters. The molecule has 1 saturated heterocycles. The highest BCUT2D eigenvalue weighted by atomic mass is 16.7. The molecular weight excluding hydrogens is 324 g/mol. The first kappa shape index (κ1) is 17.9. The van der Waals surface area contributed by atoms with Gasteiger partial charge in [-0.15, -0.1) is 5.73 Å². The number of carbonyl (C=O) groups excluding carboxylic acids is 1. The third-order valence-electron chi connectivity index (χ3n) is 4.18. The van der Waals surface area contributed by atoms with E-state index in [-0.39, 0.29) is 12.1 Å². The number of ether oxygens (including phenoxy) is 2. The molecule has 3 rings (SSSR count). The molecule has 0 bridgehead atoms. The molecular formula is C23H22O3. The van der Waals surface area contributed by atoms with Crippen LogP contribution in [0.3, 0.4) is 0 Å². The summed E-state index contributed by atoms with van der Waals surface area (Å²) in [6.45, 7) is 4.30. The van der Waals surface area contributed by atoms with Crippen LogP contribution in [-0.4, -0.2) is 18.7 Å². The number of carbonyl (C=O) groups is 1. The van der Waals surface area contributed by atoms with Gasteiger partial charge in [-0.05, 0) is 60.4 Å². The fraction of sp³-hybridized carbons (Fsp3) is 0.217. The summed E-state index contributed by atoms with van der Waals surface area (Å²) in [5.74, 6) is 0.684. The fourth-order valence-corrected chi connectivity index (χ4v) is 2.74. The van der Waals surface area contributed by atoms with Crippen LogP contribution in [0.5, 0.6) is 5.75 Å². The van der Waals surface area contributed by atoms with Crippen molar-refractivity contribution in [2.45, 2.75) is 25.6 Å². The zero-order valence-corrected chi connectivity index (χ0v) is 14.7. The van der Waals surface area contributed by atoms with E-state index in [4.69, 9.17) is 9.47 Å². The van der Waals surface area contributed by atoms with Crippen LogP contribution in [-0.2, 0) is 4.74 Å². The molecule has 0 saturated carbocycles. The Balaban J connectivity index is 1.59. The van der Waals surface area contributed by atoms with Gasteiger partial charge in [-0.3, -0.25) is 4.79 Å². The van der Waals surface area contributed by atoms with E-state index < -0.39 is 0 Å². The molecule has 1 unspecified atom stereocenters. The second-order valence-corrected chi connectivity index (χ2v) is 6.15. The molecule has 3 heteroatoms. The summed E-state index contributed by atoms with van der Waals surface area (Å²) in [5, 5.41) is 0. The molecule has 1 fully saturated rings. The van der Waals surface area contributed by atoms with Crippen LogP contribution in [0, 0.1) is 0 Å². The number of ketones is 1. The van der Waals surface area contributed by atoms with E-state index in [1.54, 1.807) is 24.3 Å². The topological polar surface area (TPSA) is 35.5 Å². The third-order valence-corrected chi connectivity index (χ3v) is 4.18. The van der Waals surface area contributed by atoms with Crippen LogP contribution in [0.1, 0.15) is 40.7 Å². The molecule has 0 aromatic heterocycles. The van der Waals surface area contributed by atoms with Gasteiger partial charge in [0.15, 0.2) is 12.1 Å². The van der Waals surface area contributed by atoms with Crippen molar-refractivity contribution in [1.29, 1.82) is 0 Å². The zero-order chi connectivity index (χ0) is 18.2. The molecule has 2 aromatic carbocycles. The minimum Gasteiger partial charge on any atom is -0.465 e. The lowest BCUT2D eigenvalue weighted by molar-refractivity contribution is -0.105. The van der Waals surface area contributed by atoms with Crippen molar-refractivity contribution in [3.05, 3.63) is 83.6 Å². The number of allylic oxidation sites excluding steroid dienone is 1. The van der Waals surface area contributed by atoms with Crippen molar-refractivity contribution in [3.63, 3.8) is 0 Å². The predicted molar refractivity (Wildman–Crippen MR) is 104 cm³/mol. The zero-order valence-electron chi connectivity index (χ0n) is 14.7. The first-order chi connectivity index (χ1) is 12.7. The highest BCUT2D eigenvalue weighted by Crippen LogP contribution is 2.20. The van der Waals surface area contributed by atoms with Gasteiger partial charge in [0.1, 0.15) is 5.75 Å². The molecule has 2 aromatic rings. The predicted octanol–water partition coefficient (Wildman–Crippen LogP) is 5.29. The van der Waals surface area contributed by atoms with Crippen LogP contribution in [0.15, 0.2) is 66.9 Å². The molecule has 132 valence electrons. The Morgan fingerprint density at radius 3 is 2.46 bits per heavy atom. The van der Waals surface area contributed by atoms with Gasteiger partial charge in [0.25, 0.3) is 0 Å². The Labute approximate surface area is 154 Å². The summed E-state index contributed by atoms with van der Waals surface area (Å²) < 4.78 is 11.3. The average molecular weight is 346 g/mol. The SMILES string of the molecule is C=C=Cc1ccc(/C=C/C(=O)c2ccc(OC3CCCCO3)cc2)cc1. The summed E-state index contributed by atoms with van der Waals surface area (Å²) in [5.41, 5.74) is 5.36. The maximum Gasteiger partial charge on any atom is 0.199 e. The van der Waals surface area contributed by atoms with Crippen LogP contribution in [0.25, 0.3) is 12.2 Å². The van der Waals surface area contributed by atoms with E-state index >= 15 is 0 Å². The average Bonchev–Trinajstić information content (AvgIpc) is 2.69. The summed E-state index contributed by atoms with van der Waals surface area (Å²) in [6, 6.07) is 15.0. The van der Waals surface area contributed by atoms with Crippen molar-refractivity contribution >= 4 is 17.9 Å². The summed E-state index contributed by atoms with van der Waals surface area (Å²) >= 11 is 0. The van der Waals surface area contributed by atoms with Gasteiger partial charge in [-0.1, -0.05) is 36.9 Å². The second-order valence-electron chi connectivity index (χ2n) is 6.15. The van der Waals surface area contributed by atoms with E-state index in [2.05, 4.69) is 12.3 Å². The van der Waals surface area contributed by atoms with Gasteiger partial charge in [0.2, 0.25) is 0 Å². The smallest absolute Gasteiger partial charge is 0.199 e. The van der Waals surface area contributed by atoms with E-state index in [1.807, 2.05) is 42.5 Å². The molecule has 0 spiro atoms. The van der Waals surface area contributed by atoms with Crippen molar-refractivity contribution in [2.24, 2.45) is 0 Å². The number of benzene rings is 2. The summed E-state index contributed by atoms with van der Waals surface area (Å²) in [6.07, 6.45) is 8.14. The van der Waals surface area contributed by atoms with E-state index in [0.717, 1.165) is 42.7 Å². The van der Waals surface area contributed by atoms with Crippen molar-refractivity contribution in [2.75, 3.05) is 6.61 Å². The molecule has 0 radical (unpaired) electrons. The first-order valence-electron chi connectivity index (χ1n) is 8.81. The van der Waals surface area contributed by atoms with Gasteiger partial charge >= 0.3 is 0 Å². The van der Waals surface area contributed by atoms with Gasteiger partial charge in [-0.25, -0.2) is 0 Å². The quantitative estimate of drug-likeness (QED) is 0.405. The normalized spacial score (nSPS) is 16.8. The molecule has 26 heavy (non-hydrogen) atoms. The van der Waals surface area contributed by atoms with E-state index in [1.165, 1.54) is 0 Å². The Hall–Kier alpha value is -2.87. The maximum atomic E-state index is 12.3. The Morgan fingerprint density at radius 1 is 1.08 bits per heavy atom.